The zero-order valence-electron chi connectivity index (χ0n) is 9.53. The van der Waals surface area contributed by atoms with Gasteiger partial charge >= 0.3 is 0 Å². The van der Waals surface area contributed by atoms with Gasteiger partial charge in [-0.2, -0.15) is 0 Å². The Balaban J connectivity index is 4.06. The van der Waals surface area contributed by atoms with E-state index in [0.29, 0.717) is 25.0 Å². The van der Waals surface area contributed by atoms with Gasteiger partial charge in [0.05, 0.1) is 13.2 Å². The first-order valence-electron chi connectivity index (χ1n) is 5.08. The summed E-state index contributed by atoms with van der Waals surface area (Å²) in [6.07, 6.45) is 3.31. The van der Waals surface area contributed by atoms with E-state index in [9.17, 15) is 0 Å². The fourth-order valence-electron chi connectivity index (χ4n) is 0.992. The van der Waals surface area contributed by atoms with E-state index in [1.807, 2.05) is 0 Å². The van der Waals surface area contributed by atoms with Crippen LogP contribution in [0.1, 0.15) is 20.8 Å². The van der Waals surface area contributed by atoms with Crippen LogP contribution >= 0.6 is 0 Å². The highest BCUT2D eigenvalue weighted by molar-refractivity contribution is 4.70. The molecule has 0 saturated heterocycles. The third kappa shape index (κ3) is 5.20. The molecule has 0 saturated carbocycles. The van der Waals surface area contributed by atoms with Crippen LogP contribution in [0.5, 0.6) is 0 Å². The highest BCUT2D eigenvalue weighted by atomic mass is 16.7. The largest absolute Gasteiger partial charge is 0.348 e. The Morgan fingerprint density at radius 2 is 1.43 bits per heavy atom. The summed E-state index contributed by atoms with van der Waals surface area (Å²) in [7, 11) is 0. The van der Waals surface area contributed by atoms with Gasteiger partial charge in [-0.1, -0.05) is 32.9 Å². The fraction of sp³-hybridized carbons (Fsp3) is 0.667. The van der Waals surface area contributed by atoms with Gasteiger partial charge < -0.3 is 9.47 Å². The van der Waals surface area contributed by atoms with Crippen LogP contribution in [-0.2, 0) is 9.47 Å². The molecule has 0 aromatic carbocycles. The predicted octanol–water partition coefficient (Wildman–Crippen LogP) is 3.01. The Hall–Kier alpha value is -0.600. The van der Waals surface area contributed by atoms with Crippen LogP contribution in [0, 0.1) is 11.8 Å². The van der Waals surface area contributed by atoms with E-state index < -0.39 is 0 Å². The van der Waals surface area contributed by atoms with Gasteiger partial charge in [-0.3, -0.25) is 0 Å². The van der Waals surface area contributed by atoms with Crippen molar-refractivity contribution in [2.75, 3.05) is 13.2 Å². The maximum Gasteiger partial charge on any atom is 0.161 e. The summed E-state index contributed by atoms with van der Waals surface area (Å²) in [5.74, 6) is 0.907. The molecule has 1 atom stereocenters. The summed E-state index contributed by atoms with van der Waals surface area (Å²) in [4.78, 5) is 0. The molecule has 0 rings (SSSR count). The highest BCUT2D eigenvalue weighted by Crippen LogP contribution is 2.18. The number of hydrogen-bond acceptors (Lipinski definition) is 2. The predicted molar refractivity (Wildman–Crippen MR) is 60.1 cm³/mol. The first kappa shape index (κ1) is 13.4. The summed E-state index contributed by atoms with van der Waals surface area (Å²) >= 11 is 0. The van der Waals surface area contributed by atoms with Gasteiger partial charge in [0.25, 0.3) is 0 Å². The van der Waals surface area contributed by atoms with Crippen molar-refractivity contribution in [3.05, 3.63) is 25.3 Å². The van der Waals surface area contributed by atoms with Crippen LogP contribution in [0.15, 0.2) is 25.3 Å². The lowest BCUT2D eigenvalue weighted by Crippen LogP contribution is -2.29. The van der Waals surface area contributed by atoms with E-state index in [0.717, 1.165) is 0 Å². The maximum absolute atomic E-state index is 5.53. The average molecular weight is 198 g/mol. The van der Waals surface area contributed by atoms with E-state index in [2.05, 4.69) is 33.9 Å². The van der Waals surface area contributed by atoms with Gasteiger partial charge in [-0.05, 0) is 5.92 Å². The normalized spacial score (nSPS) is 13.2. The van der Waals surface area contributed by atoms with Crippen molar-refractivity contribution in [1.82, 2.24) is 0 Å². The van der Waals surface area contributed by atoms with Crippen molar-refractivity contribution < 1.29 is 9.47 Å². The molecule has 0 aliphatic rings. The molecule has 0 amide bonds. The summed E-state index contributed by atoms with van der Waals surface area (Å²) in [5, 5.41) is 0. The second kappa shape index (κ2) is 7.77. The van der Waals surface area contributed by atoms with Gasteiger partial charge in [0.15, 0.2) is 6.29 Å². The van der Waals surface area contributed by atoms with Gasteiger partial charge in [0.2, 0.25) is 0 Å². The first-order chi connectivity index (χ1) is 6.63. The van der Waals surface area contributed by atoms with E-state index >= 15 is 0 Å². The molecule has 0 bridgehead atoms. The van der Waals surface area contributed by atoms with Crippen molar-refractivity contribution in [1.29, 1.82) is 0 Å². The lowest BCUT2D eigenvalue weighted by Gasteiger charge is -2.26. The maximum atomic E-state index is 5.53. The third-order valence-electron chi connectivity index (χ3n) is 2.24. The van der Waals surface area contributed by atoms with Crippen molar-refractivity contribution in [3.8, 4) is 0 Å². The fourth-order valence-corrected chi connectivity index (χ4v) is 0.992. The van der Waals surface area contributed by atoms with E-state index in [4.69, 9.17) is 9.47 Å². The first-order valence-corrected chi connectivity index (χ1v) is 5.08. The number of rotatable bonds is 8. The van der Waals surface area contributed by atoms with E-state index in [1.165, 1.54) is 0 Å². The quantitative estimate of drug-likeness (QED) is 0.441. The molecule has 2 nitrogen and oxygen atoms in total. The van der Waals surface area contributed by atoms with E-state index in [1.54, 1.807) is 12.2 Å². The average Bonchev–Trinajstić information content (AvgIpc) is 2.17. The lowest BCUT2D eigenvalue weighted by atomic mass is 9.97. The Kier molecular flexibility index (Phi) is 7.44. The second-order valence-electron chi connectivity index (χ2n) is 3.72. The zero-order valence-corrected chi connectivity index (χ0v) is 9.53. The molecular weight excluding hydrogens is 176 g/mol. The standard InChI is InChI=1S/C12H22O2/c1-6-8-13-12(14-9-7-2)11(5)10(3)4/h6-7,10-12H,1-2,8-9H2,3-5H3. The SMILES string of the molecule is C=CCOC(OCC=C)C(C)C(C)C. The van der Waals surface area contributed by atoms with Gasteiger partial charge in [-0.15, -0.1) is 13.2 Å². The second-order valence-corrected chi connectivity index (χ2v) is 3.72. The third-order valence-corrected chi connectivity index (χ3v) is 2.24. The Morgan fingerprint density at radius 1 is 1.00 bits per heavy atom. The van der Waals surface area contributed by atoms with Crippen LogP contribution in [0.2, 0.25) is 0 Å². The van der Waals surface area contributed by atoms with Crippen molar-refractivity contribution in [2.45, 2.75) is 27.1 Å². The van der Waals surface area contributed by atoms with Gasteiger partial charge in [0, 0.05) is 5.92 Å². The minimum absolute atomic E-state index is 0.161. The Bertz CT molecular complexity index is 152. The summed E-state index contributed by atoms with van der Waals surface area (Å²) in [6, 6.07) is 0. The molecule has 14 heavy (non-hydrogen) atoms. The topological polar surface area (TPSA) is 18.5 Å². The summed E-state index contributed by atoms with van der Waals surface area (Å²) in [6.45, 7) is 14.7. The molecule has 0 aliphatic carbocycles. The Labute approximate surface area is 87.6 Å². The van der Waals surface area contributed by atoms with Crippen LogP contribution < -0.4 is 0 Å². The molecule has 82 valence electrons. The molecule has 0 heterocycles. The molecule has 0 spiro atoms. The van der Waals surface area contributed by atoms with Crippen LogP contribution in [0.3, 0.4) is 0 Å². The molecule has 2 heteroatoms. The zero-order chi connectivity index (χ0) is 11.0. The van der Waals surface area contributed by atoms with E-state index in [-0.39, 0.29) is 6.29 Å². The lowest BCUT2D eigenvalue weighted by molar-refractivity contribution is -0.163. The summed E-state index contributed by atoms with van der Waals surface area (Å²) in [5.41, 5.74) is 0. The molecule has 1 unspecified atom stereocenters. The Morgan fingerprint density at radius 3 is 1.71 bits per heavy atom. The van der Waals surface area contributed by atoms with Crippen molar-refractivity contribution >= 4 is 0 Å². The van der Waals surface area contributed by atoms with Crippen LogP contribution in [0.4, 0.5) is 0 Å². The van der Waals surface area contributed by atoms with Crippen LogP contribution in [0.25, 0.3) is 0 Å². The highest BCUT2D eigenvalue weighted by Gasteiger charge is 2.20. The van der Waals surface area contributed by atoms with Crippen LogP contribution in [-0.4, -0.2) is 19.5 Å². The van der Waals surface area contributed by atoms with Crippen molar-refractivity contribution in [2.24, 2.45) is 11.8 Å². The molecular formula is C12H22O2. The minimum atomic E-state index is -0.161. The molecule has 0 radical (unpaired) electrons. The van der Waals surface area contributed by atoms with Gasteiger partial charge in [-0.25, -0.2) is 0 Å². The number of ether oxygens (including phenoxy) is 2. The summed E-state index contributed by atoms with van der Waals surface area (Å²) < 4.78 is 11.1. The molecule has 0 N–H and O–H groups in total. The molecule has 0 aromatic heterocycles. The number of hydrogen-bond donors (Lipinski definition) is 0. The molecule has 0 fully saturated rings. The minimum Gasteiger partial charge on any atom is -0.348 e. The van der Waals surface area contributed by atoms with Gasteiger partial charge in [0.1, 0.15) is 0 Å². The smallest absolute Gasteiger partial charge is 0.161 e. The molecule has 0 aromatic rings. The monoisotopic (exact) mass is 198 g/mol. The van der Waals surface area contributed by atoms with Crippen molar-refractivity contribution in [3.63, 3.8) is 0 Å². The molecule has 0 aliphatic heterocycles.